The fraction of sp³-hybridized carbons (Fsp3) is 0.571. The highest BCUT2D eigenvalue weighted by atomic mass is 35.5. The third-order valence-corrected chi connectivity index (χ3v) is 6.22. The Kier molecular flexibility index (Phi) is 5.53. The Hall–Kier alpha value is -0.290. The highest BCUT2D eigenvalue weighted by Gasteiger charge is 2.32. The molecule has 0 bridgehead atoms. The molecule has 0 amide bonds. The first kappa shape index (κ1) is 17.8. The molecule has 0 spiro atoms. The Labute approximate surface area is 131 Å². The summed E-state index contributed by atoms with van der Waals surface area (Å²) in [5.74, 6) is 0.181. The van der Waals surface area contributed by atoms with Gasteiger partial charge in [-0.15, -0.1) is 11.6 Å². The molecular weight excluding hydrogens is 317 g/mol. The van der Waals surface area contributed by atoms with E-state index in [-0.39, 0.29) is 22.2 Å². The van der Waals surface area contributed by atoms with Crippen LogP contribution in [0, 0.1) is 5.41 Å². The van der Waals surface area contributed by atoms with E-state index in [4.69, 9.17) is 23.2 Å². The Bertz CT molecular complexity index is 579. The molecule has 0 N–H and O–H groups in total. The van der Waals surface area contributed by atoms with E-state index in [9.17, 15) is 8.42 Å². The molecule has 0 aromatic heterocycles. The fourth-order valence-electron chi connectivity index (χ4n) is 1.73. The summed E-state index contributed by atoms with van der Waals surface area (Å²) in [6.07, 6.45) is 0. The zero-order valence-electron chi connectivity index (χ0n) is 12.4. The maximum absolute atomic E-state index is 12.6. The predicted molar refractivity (Wildman–Crippen MR) is 84.9 cm³/mol. The molecule has 1 rings (SSSR count). The summed E-state index contributed by atoms with van der Waals surface area (Å²) in [7, 11) is -1.96. The first-order valence-corrected chi connectivity index (χ1v) is 8.69. The maximum Gasteiger partial charge on any atom is 0.243 e. The van der Waals surface area contributed by atoms with Crippen LogP contribution in [-0.4, -0.2) is 25.8 Å². The SMILES string of the molecule is CC(N(C)S(=O)(=O)c1ccc(Cl)c(CCl)c1)C(C)(C)C. The molecule has 20 heavy (non-hydrogen) atoms. The molecule has 0 saturated carbocycles. The van der Waals surface area contributed by atoms with Crippen LogP contribution in [0.5, 0.6) is 0 Å². The molecule has 1 atom stereocenters. The fourth-order valence-corrected chi connectivity index (χ4v) is 3.80. The lowest BCUT2D eigenvalue weighted by Gasteiger charge is -2.34. The second-order valence-corrected chi connectivity index (χ2v) is 8.62. The lowest BCUT2D eigenvalue weighted by molar-refractivity contribution is 0.216. The summed E-state index contributed by atoms with van der Waals surface area (Å²) < 4.78 is 26.7. The predicted octanol–water partition coefficient (Wildman–Crippen LogP) is 4.13. The van der Waals surface area contributed by atoms with Crippen molar-refractivity contribution in [3.05, 3.63) is 28.8 Å². The van der Waals surface area contributed by atoms with Gasteiger partial charge in [0.05, 0.1) is 4.90 Å². The molecule has 0 heterocycles. The van der Waals surface area contributed by atoms with Crippen molar-refractivity contribution in [2.24, 2.45) is 5.41 Å². The van der Waals surface area contributed by atoms with Gasteiger partial charge in [0.25, 0.3) is 0 Å². The topological polar surface area (TPSA) is 37.4 Å². The summed E-state index contributed by atoms with van der Waals surface area (Å²) in [6.45, 7) is 7.93. The van der Waals surface area contributed by atoms with Crippen LogP contribution in [0.2, 0.25) is 5.02 Å². The molecule has 0 aliphatic rings. The maximum atomic E-state index is 12.6. The molecule has 1 unspecified atom stereocenters. The van der Waals surface area contributed by atoms with E-state index in [2.05, 4.69) is 0 Å². The van der Waals surface area contributed by atoms with Crippen LogP contribution in [0.4, 0.5) is 0 Å². The molecule has 0 aliphatic carbocycles. The number of alkyl halides is 1. The van der Waals surface area contributed by atoms with Gasteiger partial charge >= 0.3 is 0 Å². The minimum Gasteiger partial charge on any atom is -0.207 e. The molecule has 0 aliphatic heterocycles. The lowest BCUT2D eigenvalue weighted by Crippen LogP contribution is -2.42. The summed E-state index contributed by atoms with van der Waals surface area (Å²) in [5.41, 5.74) is 0.468. The molecule has 0 saturated heterocycles. The summed E-state index contributed by atoms with van der Waals surface area (Å²) >= 11 is 11.7. The van der Waals surface area contributed by atoms with Gasteiger partial charge in [0.15, 0.2) is 0 Å². The molecule has 114 valence electrons. The standard InChI is InChI=1S/C14H21Cl2NO2S/c1-10(14(2,3)4)17(5)20(18,19)12-6-7-13(16)11(8-12)9-15/h6-8,10H,9H2,1-5H3. The Balaban J connectivity index is 3.23. The average Bonchev–Trinajstić information content (AvgIpc) is 2.36. The van der Waals surface area contributed by atoms with Gasteiger partial charge in [0, 0.05) is 24.0 Å². The van der Waals surface area contributed by atoms with Crippen molar-refractivity contribution in [3.8, 4) is 0 Å². The normalized spacial score (nSPS) is 14.6. The monoisotopic (exact) mass is 337 g/mol. The lowest BCUT2D eigenvalue weighted by atomic mass is 9.88. The van der Waals surface area contributed by atoms with Crippen molar-refractivity contribution in [1.82, 2.24) is 4.31 Å². The molecule has 0 radical (unpaired) electrons. The second kappa shape index (κ2) is 6.22. The smallest absolute Gasteiger partial charge is 0.207 e. The van der Waals surface area contributed by atoms with Crippen LogP contribution in [0.15, 0.2) is 23.1 Å². The van der Waals surface area contributed by atoms with E-state index >= 15 is 0 Å². The van der Waals surface area contributed by atoms with Gasteiger partial charge in [0.1, 0.15) is 0 Å². The van der Waals surface area contributed by atoms with E-state index in [0.29, 0.717) is 10.6 Å². The largest absolute Gasteiger partial charge is 0.243 e. The molecule has 0 fully saturated rings. The van der Waals surface area contributed by atoms with E-state index in [1.165, 1.54) is 16.4 Å². The van der Waals surface area contributed by atoms with Gasteiger partial charge in [-0.2, -0.15) is 4.31 Å². The number of hydrogen-bond acceptors (Lipinski definition) is 2. The van der Waals surface area contributed by atoms with Crippen molar-refractivity contribution in [2.45, 2.75) is 44.5 Å². The van der Waals surface area contributed by atoms with Crippen molar-refractivity contribution < 1.29 is 8.42 Å². The van der Waals surface area contributed by atoms with Crippen molar-refractivity contribution in [2.75, 3.05) is 7.05 Å². The highest BCUT2D eigenvalue weighted by Crippen LogP contribution is 2.29. The van der Waals surface area contributed by atoms with Gasteiger partial charge < -0.3 is 0 Å². The Morgan fingerprint density at radius 2 is 1.85 bits per heavy atom. The summed E-state index contributed by atoms with van der Waals surface area (Å²) in [6, 6.07) is 4.49. The van der Waals surface area contributed by atoms with Crippen LogP contribution < -0.4 is 0 Å². The number of sulfonamides is 1. The minimum absolute atomic E-state index is 0.136. The van der Waals surface area contributed by atoms with Gasteiger partial charge in [-0.05, 0) is 36.1 Å². The van der Waals surface area contributed by atoms with Gasteiger partial charge in [0.2, 0.25) is 10.0 Å². The van der Waals surface area contributed by atoms with Gasteiger partial charge in [-0.3, -0.25) is 0 Å². The van der Waals surface area contributed by atoms with E-state index in [0.717, 1.165) is 0 Å². The van der Waals surface area contributed by atoms with Crippen molar-refractivity contribution in [1.29, 1.82) is 0 Å². The van der Waals surface area contributed by atoms with Crippen LogP contribution in [0.1, 0.15) is 33.3 Å². The highest BCUT2D eigenvalue weighted by molar-refractivity contribution is 7.89. The van der Waals surface area contributed by atoms with Gasteiger partial charge in [-0.25, -0.2) is 8.42 Å². The molecular formula is C14H21Cl2NO2S. The zero-order valence-corrected chi connectivity index (χ0v) is 14.8. The molecule has 3 nitrogen and oxygen atoms in total. The quantitative estimate of drug-likeness (QED) is 0.774. The van der Waals surface area contributed by atoms with Crippen LogP contribution in [0.3, 0.4) is 0 Å². The molecule has 1 aromatic rings. The Morgan fingerprint density at radius 1 is 1.30 bits per heavy atom. The van der Waals surface area contributed by atoms with E-state index < -0.39 is 10.0 Å². The average molecular weight is 338 g/mol. The van der Waals surface area contributed by atoms with Crippen LogP contribution in [-0.2, 0) is 15.9 Å². The first-order valence-electron chi connectivity index (χ1n) is 6.34. The third kappa shape index (κ3) is 3.67. The van der Waals surface area contributed by atoms with Crippen molar-refractivity contribution >= 4 is 33.2 Å². The number of rotatable bonds is 4. The van der Waals surface area contributed by atoms with Crippen molar-refractivity contribution in [3.63, 3.8) is 0 Å². The van der Waals surface area contributed by atoms with Crippen LogP contribution in [0.25, 0.3) is 0 Å². The first-order chi connectivity index (χ1) is 9.01. The second-order valence-electron chi connectivity index (χ2n) is 5.95. The molecule has 6 heteroatoms. The number of hydrogen-bond donors (Lipinski definition) is 0. The molecule has 1 aromatic carbocycles. The number of nitrogens with zero attached hydrogens (tertiary/aromatic N) is 1. The summed E-state index contributed by atoms with van der Waals surface area (Å²) in [4.78, 5) is 0.219. The minimum atomic E-state index is -3.55. The van der Waals surface area contributed by atoms with E-state index in [1.54, 1.807) is 13.1 Å². The van der Waals surface area contributed by atoms with Crippen LogP contribution >= 0.6 is 23.2 Å². The Morgan fingerprint density at radius 3 is 2.30 bits per heavy atom. The summed E-state index contributed by atoms with van der Waals surface area (Å²) in [5, 5.41) is 0.477. The third-order valence-electron chi connectivity index (χ3n) is 3.64. The van der Waals surface area contributed by atoms with Gasteiger partial charge in [-0.1, -0.05) is 32.4 Å². The zero-order chi connectivity index (χ0) is 15.7. The van der Waals surface area contributed by atoms with E-state index in [1.807, 2.05) is 27.7 Å². The number of benzene rings is 1. The number of halogens is 2.